The van der Waals surface area contributed by atoms with Gasteiger partial charge in [-0.25, -0.2) is 9.48 Å². The first kappa shape index (κ1) is 17.0. The van der Waals surface area contributed by atoms with Crippen LogP contribution in [0.1, 0.15) is 6.92 Å². The highest BCUT2D eigenvalue weighted by Crippen LogP contribution is 2.29. The number of benzene rings is 1. The fourth-order valence-electron chi connectivity index (χ4n) is 1.64. The second-order valence-electron chi connectivity index (χ2n) is 4.30. The number of anilines is 2. The van der Waals surface area contributed by atoms with Gasteiger partial charge >= 0.3 is 6.09 Å². The molecule has 0 aliphatic rings. The summed E-state index contributed by atoms with van der Waals surface area (Å²) in [5.41, 5.74) is 0.397. The maximum absolute atomic E-state index is 12.0. The first-order valence-corrected chi connectivity index (χ1v) is 7.33. The molecule has 1 heterocycles. The topological polar surface area (TPSA) is 98.1 Å². The summed E-state index contributed by atoms with van der Waals surface area (Å²) >= 11 is 11.9. The maximum atomic E-state index is 12.0. The van der Waals surface area contributed by atoms with Crippen molar-refractivity contribution >= 4 is 46.7 Å². The molecule has 8 nitrogen and oxygen atoms in total. The number of rotatable bonds is 5. The molecular formula is C13H13Cl2N5O3. The molecule has 0 aliphatic heterocycles. The van der Waals surface area contributed by atoms with Crippen molar-refractivity contribution in [3.05, 3.63) is 34.4 Å². The number of hydrogen-bond donors (Lipinski definition) is 2. The van der Waals surface area contributed by atoms with Crippen molar-refractivity contribution in [2.75, 3.05) is 17.2 Å². The number of carbonyl (C=O) groups is 2. The Morgan fingerprint density at radius 3 is 2.83 bits per heavy atom. The Labute approximate surface area is 141 Å². The van der Waals surface area contributed by atoms with E-state index in [0.29, 0.717) is 10.7 Å². The van der Waals surface area contributed by atoms with Crippen LogP contribution >= 0.6 is 23.2 Å². The Bertz CT molecular complexity index is 719. The Morgan fingerprint density at radius 2 is 2.09 bits per heavy atom. The molecule has 0 saturated carbocycles. The second-order valence-corrected chi connectivity index (χ2v) is 5.08. The summed E-state index contributed by atoms with van der Waals surface area (Å²) in [6.07, 6.45) is 0.755. The zero-order valence-corrected chi connectivity index (χ0v) is 13.6. The van der Waals surface area contributed by atoms with Crippen molar-refractivity contribution in [1.29, 1.82) is 0 Å². The van der Waals surface area contributed by atoms with E-state index in [2.05, 4.69) is 20.9 Å². The molecule has 2 aromatic rings. The summed E-state index contributed by atoms with van der Waals surface area (Å²) < 4.78 is 5.97. The molecule has 0 fully saturated rings. The largest absolute Gasteiger partial charge is 0.450 e. The molecule has 23 heavy (non-hydrogen) atoms. The third kappa shape index (κ3) is 4.83. The molecule has 2 rings (SSSR count). The zero-order valence-electron chi connectivity index (χ0n) is 12.0. The summed E-state index contributed by atoms with van der Waals surface area (Å²) in [6.45, 7) is 1.81. The van der Waals surface area contributed by atoms with Gasteiger partial charge in [0.05, 0.1) is 28.5 Å². The van der Waals surface area contributed by atoms with Crippen LogP contribution < -0.4 is 10.6 Å². The number of ether oxygens (including phenoxy) is 1. The molecule has 0 aliphatic carbocycles. The highest BCUT2D eigenvalue weighted by Gasteiger charge is 2.11. The lowest BCUT2D eigenvalue weighted by Gasteiger charge is -2.07. The van der Waals surface area contributed by atoms with E-state index in [1.807, 2.05) is 0 Å². The van der Waals surface area contributed by atoms with Crippen LogP contribution in [0.15, 0.2) is 24.4 Å². The van der Waals surface area contributed by atoms with Gasteiger partial charge in [0.15, 0.2) is 5.82 Å². The second kappa shape index (κ2) is 7.80. The van der Waals surface area contributed by atoms with Crippen molar-refractivity contribution in [3.63, 3.8) is 0 Å². The van der Waals surface area contributed by atoms with Crippen LogP contribution in [-0.2, 0) is 16.1 Å². The SMILES string of the molecule is CCOC(=O)Nc1cn(CC(=O)Nc2cccc(Cl)c2Cl)nn1. The molecule has 0 unspecified atom stereocenters. The highest BCUT2D eigenvalue weighted by atomic mass is 35.5. The van der Waals surface area contributed by atoms with Gasteiger partial charge in [0.25, 0.3) is 0 Å². The third-order valence-corrected chi connectivity index (χ3v) is 3.39. The molecular weight excluding hydrogens is 345 g/mol. The van der Waals surface area contributed by atoms with Gasteiger partial charge in [0, 0.05) is 0 Å². The van der Waals surface area contributed by atoms with Crippen LogP contribution in [-0.4, -0.2) is 33.6 Å². The number of hydrogen-bond acceptors (Lipinski definition) is 5. The average molecular weight is 358 g/mol. The van der Waals surface area contributed by atoms with E-state index in [1.54, 1.807) is 25.1 Å². The van der Waals surface area contributed by atoms with Crippen LogP contribution in [0, 0.1) is 0 Å². The monoisotopic (exact) mass is 357 g/mol. The highest BCUT2D eigenvalue weighted by molar-refractivity contribution is 6.43. The van der Waals surface area contributed by atoms with E-state index in [4.69, 9.17) is 27.9 Å². The zero-order chi connectivity index (χ0) is 16.8. The Hall–Kier alpha value is -2.32. The standard InChI is InChI=1S/C13H13Cl2N5O3/c1-2-23-13(22)17-10-6-20(19-18-10)7-11(21)16-9-5-3-4-8(14)12(9)15/h3-6H,2,7H2,1H3,(H,16,21)(H,17,22). The lowest BCUT2D eigenvalue weighted by atomic mass is 10.3. The van der Waals surface area contributed by atoms with Crippen LogP contribution in [0.25, 0.3) is 0 Å². The van der Waals surface area contributed by atoms with Crippen molar-refractivity contribution in [2.45, 2.75) is 13.5 Å². The van der Waals surface area contributed by atoms with E-state index >= 15 is 0 Å². The lowest BCUT2D eigenvalue weighted by molar-refractivity contribution is -0.116. The summed E-state index contributed by atoms with van der Waals surface area (Å²) in [5.74, 6) is -0.196. The van der Waals surface area contributed by atoms with Gasteiger partial charge in [-0.15, -0.1) is 5.10 Å². The summed E-state index contributed by atoms with van der Waals surface area (Å²) in [4.78, 5) is 23.2. The van der Waals surface area contributed by atoms with E-state index in [0.717, 1.165) is 0 Å². The molecule has 122 valence electrons. The van der Waals surface area contributed by atoms with Gasteiger partial charge in [-0.05, 0) is 19.1 Å². The van der Waals surface area contributed by atoms with E-state index in [9.17, 15) is 9.59 Å². The lowest BCUT2D eigenvalue weighted by Crippen LogP contribution is -2.19. The van der Waals surface area contributed by atoms with Crippen molar-refractivity contribution < 1.29 is 14.3 Å². The van der Waals surface area contributed by atoms with E-state index in [1.165, 1.54) is 10.9 Å². The molecule has 0 saturated heterocycles. The van der Waals surface area contributed by atoms with Gasteiger partial charge in [-0.3, -0.25) is 10.1 Å². The van der Waals surface area contributed by atoms with Crippen LogP contribution in [0.3, 0.4) is 0 Å². The first-order chi connectivity index (χ1) is 11.0. The number of nitrogens with zero attached hydrogens (tertiary/aromatic N) is 3. The number of carbonyl (C=O) groups excluding carboxylic acids is 2. The summed E-state index contributed by atoms with van der Waals surface area (Å²) in [6, 6.07) is 4.91. The number of aromatic nitrogens is 3. The Balaban J connectivity index is 1.94. The fraction of sp³-hybridized carbons (Fsp3) is 0.231. The predicted molar refractivity (Wildman–Crippen MR) is 85.8 cm³/mol. The Kier molecular flexibility index (Phi) is 5.78. The van der Waals surface area contributed by atoms with Gasteiger partial charge in [-0.2, -0.15) is 0 Å². The predicted octanol–water partition coefficient (Wildman–Crippen LogP) is 2.79. The van der Waals surface area contributed by atoms with Crippen LogP contribution in [0.4, 0.5) is 16.3 Å². The molecule has 0 bridgehead atoms. The molecule has 0 spiro atoms. The summed E-state index contributed by atoms with van der Waals surface area (Å²) in [7, 11) is 0. The van der Waals surface area contributed by atoms with Crippen molar-refractivity contribution in [3.8, 4) is 0 Å². The Morgan fingerprint density at radius 1 is 1.30 bits per heavy atom. The minimum absolute atomic E-state index is 0.111. The molecule has 0 radical (unpaired) electrons. The van der Waals surface area contributed by atoms with E-state index < -0.39 is 6.09 Å². The van der Waals surface area contributed by atoms with Gasteiger partial charge in [0.1, 0.15) is 6.54 Å². The molecule has 2 N–H and O–H groups in total. The maximum Gasteiger partial charge on any atom is 0.412 e. The molecule has 10 heteroatoms. The molecule has 0 atom stereocenters. The first-order valence-electron chi connectivity index (χ1n) is 6.57. The summed E-state index contributed by atoms with van der Waals surface area (Å²) in [5, 5.41) is 13.0. The van der Waals surface area contributed by atoms with Crippen LogP contribution in [0.2, 0.25) is 10.0 Å². The van der Waals surface area contributed by atoms with E-state index in [-0.39, 0.29) is 29.9 Å². The minimum Gasteiger partial charge on any atom is -0.450 e. The molecule has 1 aromatic carbocycles. The third-order valence-electron chi connectivity index (χ3n) is 2.58. The van der Waals surface area contributed by atoms with Gasteiger partial charge < -0.3 is 10.1 Å². The quantitative estimate of drug-likeness (QED) is 0.857. The smallest absolute Gasteiger partial charge is 0.412 e. The fourth-order valence-corrected chi connectivity index (χ4v) is 1.99. The average Bonchev–Trinajstić information content (AvgIpc) is 2.91. The van der Waals surface area contributed by atoms with Crippen molar-refractivity contribution in [1.82, 2.24) is 15.0 Å². The van der Waals surface area contributed by atoms with Crippen molar-refractivity contribution in [2.24, 2.45) is 0 Å². The molecule has 2 amide bonds. The number of nitrogens with one attached hydrogen (secondary N) is 2. The van der Waals surface area contributed by atoms with Gasteiger partial charge in [0.2, 0.25) is 5.91 Å². The minimum atomic E-state index is -0.644. The number of amides is 2. The van der Waals surface area contributed by atoms with Crippen LogP contribution in [0.5, 0.6) is 0 Å². The molecule has 1 aromatic heterocycles. The number of halogens is 2. The van der Waals surface area contributed by atoms with Gasteiger partial charge in [-0.1, -0.05) is 34.5 Å². The normalized spacial score (nSPS) is 10.2.